The summed E-state index contributed by atoms with van der Waals surface area (Å²) in [6, 6.07) is 1.89. The van der Waals surface area contributed by atoms with Gasteiger partial charge in [-0.05, 0) is 11.6 Å². The summed E-state index contributed by atoms with van der Waals surface area (Å²) in [5, 5.41) is 8.44. The van der Waals surface area contributed by atoms with Crippen molar-refractivity contribution in [1.82, 2.24) is 5.48 Å². The quantitative estimate of drug-likeness (QED) is 0.649. The Kier molecular flexibility index (Phi) is 3.04. The van der Waals surface area contributed by atoms with Crippen molar-refractivity contribution in [2.75, 3.05) is 0 Å². The molecule has 100 valence electrons. The molecule has 4 nitrogen and oxygen atoms in total. The standard InChI is InChI=1S/C9H6ClF4NO3/c10-5-2-7-6(1-4(5)3-15-16)17-8(11,12)9(13,14)18-7/h1-2,15-16H,3H2. The van der Waals surface area contributed by atoms with Gasteiger partial charge in [0.25, 0.3) is 0 Å². The molecular weight excluding hydrogens is 282 g/mol. The van der Waals surface area contributed by atoms with Gasteiger partial charge in [-0.2, -0.15) is 17.6 Å². The van der Waals surface area contributed by atoms with Crippen LogP contribution in [0.25, 0.3) is 0 Å². The Hall–Kier alpha value is -1.25. The summed E-state index contributed by atoms with van der Waals surface area (Å²) in [5.74, 6) is -1.18. The van der Waals surface area contributed by atoms with Gasteiger partial charge >= 0.3 is 12.2 Å². The molecule has 2 rings (SSSR count). The first-order valence-corrected chi connectivity index (χ1v) is 4.97. The van der Waals surface area contributed by atoms with Crippen LogP contribution < -0.4 is 15.0 Å². The first-order valence-electron chi connectivity index (χ1n) is 4.60. The van der Waals surface area contributed by atoms with Crippen molar-refractivity contribution in [3.8, 4) is 11.5 Å². The highest BCUT2D eigenvalue weighted by atomic mass is 35.5. The molecule has 0 amide bonds. The van der Waals surface area contributed by atoms with E-state index >= 15 is 0 Å². The van der Waals surface area contributed by atoms with Crippen LogP contribution in [0.4, 0.5) is 17.6 Å². The predicted molar refractivity (Wildman–Crippen MR) is 51.2 cm³/mol. The number of alkyl halides is 4. The van der Waals surface area contributed by atoms with Gasteiger partial charge in [-0.1, -0.05) is 11.6 Å². The monoisotopic (exact) mass is 287 g/mol. The number of benzene rings is 1. The van der Waals surface area contributed by atoms with Crippen molar-refractivity contribution in [3.63, 3.8) is 0 Å². The van der Waals surface area contributed by atoms with Gasteiger partial charge in [-0.15, -0.1) is 0 Å². The van der Waals surface area contributed by atoms with Crippen LogP contribution in [0, 0.1) is 0 Å². The lowest BCUT2D eigenvalue weighted by molar-refractivity contribution is -0.391. The van der Waals surface area contributed by atoms with Gasteiger partial charge in [0, 0.05) is 17.6 Å². The summed E-state index contributed by atoms with van der Waals surface area (Å²) < 4.78 is 59.2. The van der Waals surface area contributed by atoms with Gasteiger partial charge in [0.1, 0.15) is 0 Å². The first kappa shape index (κ1) is 13.2. The Balaban J connectivity index is 2.44. The molecule has 18 heavy (non-hydrogen) atoms. The van der Waals surface area contributed by atoms with Crippen LogP contribution in [0.3, 0.4) is 0 Å². The second-order valence-electron chi connectivity index (χ2n) is 3.46. The van der Waals surface area contributed by atoms with E-state index in [2.05, 4.69) is 9.47 Å². The molecule has 0 saturated carbocycles. The molecule has 1 aromatic rings. The Bertz CT molecular complexity index is 483. The molecule has 0 unspecified atom stereocenters. The van der Waals surface area contributed by atoms with E-state index in [1.807, 2.05) is 0 Å². The molecular formula is C9H6ClF4NO3. The molecule has 0 bridgehead atoms. The Morgan fingerprint density at radius 2 is 1.61 bits per heavy atom. The predicted octanol–water partition coefficient (Wildman–Crippen LogP) is 2.78. The summed E-state index contributed by atoms with van der Waals surface area (Å²) in [5.41, 5.74) is 1.94. The number of fused-ring (bicyclic) bond motifs is 1. The lowest BCUT2D eigenvalue weighted by Crippen LogP contribution is -2.52. The molecule has 0 spiro atoms. The van der Waals surface area contributed by atoms with E-state index in [4.69, 9.17) is 16.8 Å². The summed E-state index contributed by atoms with van der Waals surface area (Å²) >= 11 is 5.69. The normalized spacial score (nSPS) is 19.7. The zero-order chi connectivity index (χ0) is 13.6. The molecule has 1 aliphatic heterocycles. The van der Waals surface area contributed by atoms with Gasteiger partial charge in [-0.3, -0.25) is 0 Å². The Morgan fingerprint density at radius 3 is 2.11 bits per heavy atom. The third-order valence-electron chi connectivity index (χ3n) is 2.20. The van der Waals surface area contributed by atoms with E-state index in [1.165, 1.54) is 0 Å². The second kappa shape index (κ2) is 4.15. The molecule has 1 aromatic carbocycles. The smallest absolute Gasteiger partial charge is 0.421 e. The lowest BCUT2D eigenvalue weighted by Gasteiger charge is -2.32. The third-order valence-corrected chi connectivity index (χ3v) is 2.55. The molecule has 0 radical (unpaired) electrons. The molecule has 0 atom stereocenters. The maximum Gasteiger partial charge on any atom is 0.507 e. The zero-order valence-corrected chi connectivity index (χ0v) is 9.27. The van der Waals surface area contributed by atoms with Gasteiger partial charge in [-0.25, -0.2) is 5.48 Å². The molecule has 0 fully saturated rings. The van der Waals surface area contributed by atoms with Crippen molar-refractivity contribution in [3.05, 3.63) is 22.7 Å². The van der Waals surface area contributed by atoms with E-state index in [0.29, 0.717) is 0 Å². The topological polar surface area (TPSA) is 50.7 Å². The number of hydrogen-bond donors (Lipinski definition) is 2. The van der Waals surface area contributed by atoms with Crippen LogP contribution in [0.1, 0.15) is 5.56 Å². The van der Waals surface area contributed by atoms with Crippen LogP contribution in [0.5, 0.6) is 11.5 Å². The van der Waals surface area contributed by atoms with Crippen molar-refractivity contribution in [2.24, 2.45) is 0 Å². The highest BCUT2D eigenvalue weighted by Crippen LogP contribution is 2.48. The molecule has 0 aliphatic carbocycles. The average Bonchev–Trinajstić information content (AvgIpc) is 2.22. The van der Waals surface area contributed by atoms with Gasteiger partial charge < -0.3 is 14.7 Å². The number of hydrogen-bond acceptors (Lipinski definition) is 4. The minimum atomic E-state index is -4.78. The van der Waals surface area contributed by atoms with Crippen LogP contribution >= 0.6 is 11.6 Å². The van der Waals surface area contributed by atoms with Crippen LogP contribution in [-0.4, -0.2) is 17.4 Å². The number of rotatable bonds is 2. The summed E-state index contributed by atoms with van der Waals surface area (Å²) in [6.07, 6.45) is -9.56. The summed E-state index contributed by atoms with van der Waals surface area (Å²) in [7, 11) is 0. The van der Waals surface area contributed by atoms with Gasteiger partial charge in [0.15, 0.2) is 11.5 Å². The highest BCUT2D eigenvalue weighted by molar-refractivity contribution is 6.31. The minimum absolute atomic E-state index is 0.0417. The second-order valence-corrected chi connectivity index (χ2v) is 3.87. The van der Waals surface area contributed by atoms with Crippen LogP contribution in [-0.2, 0) is 6.54 Å². The Morgan fingerprint density at radius 1 is 1.11 bits per heavy atom. The van der Waals surface area contributed by atoms with Gasteiger partial charge in [0.05, 0.1) is 0 Å². The fourth-order valence-corrected chi connectivity index (χ4v) is 1.57. The maximum atomic E-state index is 12.9. The van der Waals surface area contributed by atoms with Crippen molar-refractivity contribution < 1.29 is 32.2 Å². The minimum Gasteiger partial charge on any atom is -0.421 e. The molecule has 0 saturated heterocycles. The SMILES string of the molecule is ONCc1cc2c(cc1Cl)OC(F)(F)C(F)(F)O2. The van der Waals surface area contributed by atoms with E-state index in [0.717, 1.165) is 12.1 Å². The number of halogens is 5. The zero-order valence-electron chi connectivity index (χ0n) is 8.52. The van der Waals surface area contributed by atoms with E-state index in [-0.39, 0.29) is 17.1 Å². The first-order chi connectivity index (χ1) is 8.27. The molecule has 9 heteroatoms. The Labute approximate surface area is 103 Å². The summed E-state index contributed by atoms with van der Waals surface area (Å²) in [6.45, 7) is -0.169. The molecule has 1 aliphatic rings. The summed E-state index contributed by atoms with van der Waals surface area (Å²) in [4.78, 5) is 0. The van der Waals surface area contributed by atoms with Crippen LogP contribution in [0.2, 0.25) is 5.02 Å². The van der Waals surface area contributed by atoms with Crippen molar-refractivity contribution in [1.29, 1.82) is 0 Å². The van der Waals surface area contributed by atoms with Crippen LogP contribution in [0.15, 0.2) is 12.1 Å². The van der Waals surface area contributed by atoms with Crippen molar-refractivity contribution >= 4 is 11.6 Å². The maximum absolute atomic E-state index is 12.9. The van der Waals surface area contributed by atoms with E-state index in [1.54, 1.807) is 5.48 Å². The number of hydroxylamine groups is 1. The number of nitrogens with one attached hydrogen (secondary N) is 1. The molecule has 2 N–H and O–H groups in total. The van der Waals surface area contributed by atoms with E-state index < -0.39 is 23.7 Å². The van der Waals surface area contributed by atoms with Gasteiger partial charge in [0.2, 0.25) is 0 Å². The van der Waals surface area contributed by atoms with E-state index in [9.17, 15) is 17.6 Å². The largest absolute Gasteiger partial charge is 0.507 e. The fourth-order valence-electron chi connectivity index (χ4n) is 1.35. The lowest BCUT2D eigenvalue weighted by atomic mass is 10.2. The number of ether oxygens (including phenoxy) is 2. The molecule has 1 heterocycles. The highest BCUT2D eigenvalue weighted by Gasteiger charge is 2.66. The van der Waals surface area contributed by atoms with Crippen molar-refractivity contribution in [2.45, 2.75) is 18.8 Å². The molecule has 0 aromatic heterocycles. The fraction of sp³-hybridized carbons (Fsp3) is 0.333. The average molecular weight is 288 g/mol. The third kappa shape index (κ3) is 2.06.